The first-order valence-electron chi connectivity index (χ1n) is 8.64. The van der Waals surface area contributed by atoms with Crippen LogP contribution in [0.25, 0.3) is 0 Å². The van der Waals surface area contributed by atoms with E-state index in [4.69, 9.17) is 10.2 Å². The van der Waals surface area contributed by atoms with E-state index in [-0.39, 0.29) is 0 Å². The second-order valence-corrected chi connectivity index (χ2v) is 6.69. The fraction of sp³-hybridized carbons (Fsp3) is 0.474. The van der Waals surface area contributed by atoms with Crippen LogP contribution in [0.15, 0.2) is 24.3 Å². The van der Waals surface area contributed by atoms with Gasteiger partial charge in [-0.25, -0.2) is 4.98 Å². The summed E-state index contributed by atoms with van der Waals surface area (Å²) in [4.78, 5) is 11.0. The average Bonchev–Trinajstić information content (AvgIpc) is 3.21. The molecule has 0 radical (unpaired) electrons. The van der Waals surface area contributed by atoms with E-state index in [0.29, 0.717) is 6.04 Å². The summed E-state index contributed by atoms with van der Waals surface area (Å²) < 4.78 is 0. The fourth-order valence-corrected chi connectivity index (χ4v) is 3.88. The molecular formula is C19H22N4. The first-order chi connectivity index (χ1) is 11.3. The van der Waals surface area contributed by atoms with Crippen LogP contribution in [-0.2, 0) is 19.4 Å². The highest BCUT2D eigenvalue weighted by Gasteiger charge is 2.29. The lowest BCUT2D eigenvalue weighted by atomic mass is 10.0. The molecule has 0 amide bonds. The molecule has 4 rings (SSSR count). The van der Waals surface area contributed by atoms with E-state index < -0.39 is 0 Å². The van der Waals surface area contributed by atoms with Gasteiger partial charge < -0.3 is 4.98 Å². The fourth-order valence-electron chi connectivity index (χ4n) is 3.88. The van der Waals surface area contributed by atoms with Crippen molar-refractivity contribution >= 4 is 0 Å². The highest BCUT2D eigenvalue weighted by molar-refractivity contribution is 5.31. The maximum absolute atomic E-state index is 8.91. The van der Waals surface area contributed by atoms with Crippen molar-refractivity contribution < 1.29 is 0 Å². The molecule has 2 aromatic rings. The molecule has 4 nitrogen and oxygen atoms in total. The third kappa shape index (κ3) is 2.89. The van der Waals surface area contributed by atoms with Gasteiger partial charge in [-0.1, -0.05) is 12.1 Å². The number of rotatable bonds is 3. The number of likely N-dealkylation sites (tertiary alicyclic amines) is 1. The first kappa shape index (κ1) is 14.5. The highest BCUT2D eigenvalue weighted by Crippen LogP contribution is 2.33. The van der Waals surface area contributed by atoms with Gasteiger partial charge in [0.2, 0.25) is 0 Å². The van der Waals surface area contributed by atoms with Gasteiger partial charge in [0.05, 0.1) is 23.4 Å². The molecule has 23 heavy (non-hydrogen) atoms. The van der Waals surface area contributed by atoms with Crippen molar-refractivity contribution in [3.05, 3.63) is 52.6 Å². The van der Waals surface area contributed by atoms with Crippen LogP contribution in [-0.4, -0.2) is 21.4 Å². The molecule has 0 spiro atoms. The number of aromatic amines is 1. The predicted octanol–water partition coefficient (Wildman–Crippen LogP) is 3.50. The largest absolute Gasteiger partial charge is 0.344 e. The van der Waals surface area contributed by atoms with Crippen LogP contribution in [0.2, 0.25) is 0 Å². The number of aromatic nitrogens is 2. The van der Waals surface area contributed by atoms with E-state index in [1.54, 1.807) is 0 Å². The number of imidazole rings is 1. The van der Waals surface area contributed by atoms with E-state index in [1.807, 2.05) is 12.1 Å². The van der Waals surface area contributed by atoms with E-state index in [0.717, 1.165) is 31.5 Å². The van der Waals surface area contributed by atoms with Crippen LogP contribution < -0.4 is 0 Å². The summed E-state index contributed by atoms with van der Waals surface area (Å²) in [7, 11) is 0. The molecule has 0 saturated carbocycles. The minimum absolute atomic E-state index is 0.413. The number of aryl methyl sites for hydroxylation is 2. The number of benzene rings is 1. The molecule has 1 fully saturated rings. The lowest BCUT2D eigenvalue weighted by Gasteiger charge is -2.23. The van der Waals surface area contributed by atoms with Crippen LogP contribution in [0.1, 0.15) is 60.1 Å². The van der Waals surface area contributed by atoms with Gasteiger partial charge in [0.25, 0.3) is 0 Å². The Labute approximate surface area is 137 Å². The van der Waals surface area contributed by atoms with E-state index in [9.17, 15) is 0 Å². The lowest BCUT2D eigenvalue weighted by Crippen LogP contribution is -2.23. The van der Waals surface area contributed by atoms with Crippen molar-refractivity contribution in [2.75, 3.05) is 6.54 Å². The van der Waals surface area contributed by atoms with E-state index in [2.05, 4.69) is 28.1 Å². The Hall–Kier alpha value is -2.12. The van der Waals surface area contributed by atoms with Crippen molar-refractivity contribution in [3.63, 3.8) is 0 Å². The van der Waals surface area contributed by atoms with Crippen molar-refractivity contribution in [1.29, 1.82) is 5.26 Å². The standard InChI is InChI=1S/C19H22N4/c20-12-14-7-9-15(10-8-14)13-23-11-3-6-18(23)19-21-16-4-1-2-5-17(16)22-19/h7-10,18H,1-6,11,13H2,(H,21,22)/t18-/m0/s1. The highest BCUT2D eigenvalue weighted by atomic mass is 15.2. The number of nitrogens with one attached hydrogen (secondary N) is 1. The Morgan fingerprint density at radius 2 is 2.00 bits per heavy atom. The number of nitriles is 1. The second kappa shape index (κ2) is 6.17. The molecule has 0 unspecified atom stereocenters. The number of nitrogens with zero attached hydrogens (tertiary/aromatic N) is 3. The second-order valence-electron chi connectivity index (χ2n) is 6.69. The molecule has 4 heteroatoms. The zero-order valence-corrected chi connectivity index (χ0v) is 13.4. The maximum atomic E-state index is 8.91. The summed E-state index contributed by atoms with van der Waals surface area (Å²) >= 11 is 0. The molecule has 2 heterocycles. The summed E-state index contributed by atoms with van der Waals surface area (Å²) in [5, 5.41) is 8.91. The molecule has 118 valence electrons. The Kier molecular flexibility index (Phi) is 3.88. The molecule has 1 atom stereocenters. The SMILES string of the molecule is N#Cc1ccc(CN2CCC[C@H]2c2nc3c([nH]2)CCCC3)cc1. The Morgan fingerprint density at radius 1 is 1.17 bits per heavy atom. The van der Waals surface area contributed by atoms with Gasteiger partial charge in [0.15, 0.2) is 0 Å². The summed E-state index contributed by atoms with van der Waals surface area (Å²) in [5.74, 6) is 1.17. The van der Waals surface area contributed by atoms with Crippen molar-refractivity contribution in [2.45, 2.75) is 51.1 Å². The van der Waals surface area contributed by atoms with Gasteiger partial charge in [-0.2, -0.15) is 5.26 Å². The van der Waals surface area contributed by atoms with Gasteiger partial charge in [0.1, 0.15) is 5.82 Å². The molecule has 1 N–H and O–H groups in total. The average molecular weight is 306 g/mol. The van der Waals surface area contributed by atoms with Crippen LogP contribution in [0.3, 0.4) is 0 Å². The van der Waals surface area contributed by atoms with Gasteiger partial charge >= 0.3 is 0 Å². The van der Waals surface area contributed by atoms with E-state index >= 15 is 0 Å². The van der Waals surface area contributed by atoms with Gasteiger partial charge in [-0.15, -0.1) is 0 Å². The zero-order chi connectivity index (χ0) is 15.6. The van der Waals surface area contributed by atoms with Crippen LogP contribution in [0.4, 0.5) is 0 Å². The van der Waals surface area contributed by atoms with Gasteiger partial charge in [-0.3, -0.25) is 4.90 Å². The Morgan fingerprint density at radius 3 is 2.78 bits per heavy atom. The van der Waals surface area contributed by atoms with Crippen LogP contribution in [0, 0.1) is 11.3 Å². The molecule has 1 saturated heterocycles. The molecule has 1 aromatic carbocycles. The maximum Gasteiger partial charge on any atom is 0.124 e. The quantitative estimate of drug-likeness (QED) is 0.944. The van der Waals surface area contributed by atoms with Gasteiger partial charge in [0, 0.05) is 12.2 Å². The summed E-state index contributed by atoms with van der Waals surface area (Å²) in [5.41, 5.74) is 4.67. The molecule has 0 bridgehead atoms. The lowest BCUT2D eigenvalue weighted by molar-refractivity contribution is 0.240. The minimum atomic E-state index is 0.413. The van der Waals surface area contributed by atoms with Crippen molar-refractivity contribution in [3.8, 4) is 6.07 Å². The molecule has 2 aliphatic rings. The monoisotopic (exact) mass is 306 g/mol. The molecular weight excluding hydrogens is 284 g/mol. The number of hydrogen-bond donors (Lipinski definition) is 1. The van der Waals surface area contributed by atoms with Crippen molar-refractivity contribution in [2.24, 2.45) is 0 Å². The summed E-state index contributed by atoms with van der Waals surface area (Å²) in [6.45, 7) is 2.05. The third-order valence-electron chi connectivity index (χ3n) is 5.12. The number of H-pyrrole nitrogens is 1. The predicted molar refractivity (Wildman–Crippen MR) is 88.8 cm³/mol. The third-order valence-corrected chi connectivity index (χ3v) is 5.12. The van der Waals surface area contributed by atoms with Crippen LogP contribution in [0.5, 0.6) is 0 Å². The van der Waals surface area contributed by atoms with Gasteiger partial charge in [-0.05, 0) is 62.8 Å². The van der Waals surface area contributed by atoms with Crippen molar-refractivity contribution in [1.82, 2.24) is 14.9 Å². The minimum Gasteiger partial charge on any atom is -0.344 e. The smallest absolute Gasteiger partial charge is 0.124 e. The number of hydrogen-bond acceptors (Lipinski definition) is 3. The Balaban J connectivity index is 1.52. The molecule has 1 aliphatic carbocycles. The van der Waals surface area contributed by atoms with E-state index in [1.165, 1.54) is 48.5 Å². The Bertz CT molecular complexity index is 699. The first-order valence-corrected chi connectivity index (χ1v) is 8.64. The number of fused-ring (bicyclic) bond motifs is 1. The topological polar surface area (TPSA) is 55.7 Å². The normalized spacial score (nSPS) is 21.1. The molecule has 1 aliphatic heterocycles. The zero-order valence-electron chi connectivity index (χ0n) is 13.4. The summed E-state index contributed by atoms with van der Waals surface area (Å²) in [6, 6.07) is 10.6. The van der Waals surface area contributed by atoms with Crippen LogP contribution >= 0.6 is 0 Å². The summed E-state index contributed by atoms with van der Waals surface area (Å²) in [6.07, 6.45) is 7.26. The molecule has 1 aromatic heterocycles.